The average Bonchev–Trinajstić information content (AvgIpc) is 3.74. The van der Waals surface area contributed by atoms with Gasteiger partial charge in [0, 0.05) is 51.5 Å². The van der Waals surface area contributed by atoms with Gasteiger partial charge in [-0.05, 0) is 73.7 Å². The fourth-order valence-corrected chi connectivity index (χ4v) is 6.70. The van der Waals surface area contributed by atoms with Crippen molar-refractivity contribution < 1.29 is 13.2 Å². The van der Waals surface area contributed by atoms with Gasteiger partial charge in [0.2, 0.25) is 0 Å². The number of nitrogens with one attached hydrogen (secondary N) is 2. The number of rotatable bonds is 7. The second kappa shape index (κ2) is 10.2. The van der Waals surface area contributed by atoms with E-state index in [4.69, 9.17) is 21.3 Å². The van der Waals surface area contributed by atoms with Crippen molar-refractivity contribution in [1.82, 2.24) is 9.80 Å². The van der Waals surface area contributed by atoms with E-state index in [1.807, 2.05) is 25.1 Å². The summed E-state index contributed by atoms with van der Waals surface area (Å²) >= 11 is 0. The van der Waals surface area contributed by atoms with Crippen molar-refractivity contribution in [3.05, 3.63) is 53.6 Å². The number of ether oxygens (including phenoxy) is 1. The summed E-state index contributed by atoms with van der Waals surface area (Å²) in [4.78, 5) is 4.18. The monoisotopic (exact) mass is 524 g/mol. The maximum absolute atomic E-state index is 13.6. The van der Waals surface area contributed by atoms with E-state index in [9.17, 15) is 8.42 Å². The Kier molecular flexibility index (Phi) is 7.02. The molecular formula is C27H36N6O3S. The highest BCUT2D eigenvalue weighted by atomic mass is 32.2. The Labute approximate surface area is 219 Å². The molecule has 10 heteroatoms. The normalized spacial score (nSPS) is 18.3. The Morgan fingerprint density at radius 3 is 2.32 bits per heavy atom. The molecule has 0 atom stereocenters. The minimum atomic E-state index is -3.76. The van der Waals surface area contributed by atoms with Gasteiger partial charge in [0.05, 0.1) is 16.4 Å². The fourth-order valence-electron chi connectivity index (χ4n) is 5.23. The van der Waals surface area contributed by atoms with E-state index in [0.29, 0.717) is 37.0 Å². The van der Waals surface area contributed by atoms with Crippen LogP contribution in [0.2, 0.25) is 0 Å². The number of nitrogens with two attached hydrogens (primary N) is 1. The van der Waals surface area contributed by atoms with Gasteiger partial charge in [-0.1, -0.05) is 6.07 Å². The van der Waals surface area contributed by atoms with Crippen LogP contribution >= 0.6 is 0 Å². The molecule has 37 heavy (non-hydrogen) atoms. The van der Waals surface area contributed by atoms with Crippen LogP contribution in [0.3, 0.4) is 0 Å². The lowest BCUT2D eigenvalue weighted by atomic mass is 9.99. The Morgan fingerprint density at radius 2 is 1.70 bits per heavy atom. The van der Waals surface area contributed by atoms with Crippen LogP contribution < -0.4 is 14.8 Å². The number of hydrogen-bond acceptors (Lipinski definition) is 5. The summed E-state index contributed by atoms with van der Waals surface area (Å²) in [5, 5.41) is 16.0. The third-order valence-corrected chi connectivity index (χ3v) is 9.50. The molecule has 0 radical (unpaired) electrons. The summed E-state index contributed by atoms with van der Waals surface area (Å²) in [7, 11) is -3.76. The van der Waals surface area contributed by atoms with Crippen molar-refractivity contribution in [2.75, 3.05) is 30.5 Å². The molecule has 1 saturated carbocycles. The zero-order chi connectivity index (χ0) is 26.2. The molecule has 2 fully saturated rings. The standard InChI is InChI=1S/C27H36N6O3S/c1-2-33(22-6-5-19-11-14-32(27(29)30)18-21(19)17-22)37(34,35)25-9-7-23(8-10-25)36-24-12-15-31(16-13-24)26(28)20-3-4-20/h5-10,17,20,24,28H,2-4,11-16,18H2,1H3,(H3,29,30). The second-order valence-corrected chi connectivity index (χ2v) is 12.0. The van der Waals surface area contributed by atoms with Crippen LogP contribution in [-0.2, 0) is 23.0 Å². The summed E-state index contributed by atoms with van der Waals surface area (Å²) in [6.07, 6.45) is 4.85. The Morgan fingerprint density at radius 1 is 1.00 bits per heavy atom. The lowest BCUT2D eigenvalue weighted by Crippen LogP contribution is -2.42. The number of nitrogens with zero attached hydrogens (tertiary/aromatic N) is 3. The van der Waals surface area contributed by atoms with Gasteiger partial charge in [-0.3, -0.25) is 15.1 Å². The molecule has 0 aromatic heterocycles. The number of benzene rings is 2. The molecule has 9 nitrogen and oxygen atoms in total. The lowest BCUT2D eigenvalue weighted by molar-refractivity contribution is 0.129. The van der Waals surface area contributed by atoms with Crippen LogP contribution in [0.25, 0.3) is 0 Å². The van der Waals surface area contributed by atoms with E-state index < -0.39 is 10.0 Å². The minimum Gasteiger partial charge on any atom is -0.490 e. The molecule has 3 aliphatic rings. The highest BCUT2D eigenvalue weighted by molar-refractivity contribution is 7.92. The number of piperidine rings is 1. The molecule has 0 unspecified atom stereocenters. The second-order valence-electron chi connectivity index (χ2n) is 10.1. The zero-order valence-corrected chi connectivity index (χ0v) is 22.1. The number of likely N-dealkylation sites (tertiary alicyclic amines) is 1. The number of amidine groups is 1. The van der Waals surface area contributed by atoms with E-state index in [0.717, 1.165) is 62.2 Å². The molecule has 0 bridgehead atoms. The van der Waals surface area contributed by atoms with Gasteiger partial charge in [-0.2, -0.15) is 0 Å². The molecule has 1 aliphatic carbocycles. The maximum Gasteiger partial charge on any atom is 0.264 e. The van der Waals surface area contributed by atoms with Gasteiger partial charge in [0.1, 0.15) is 11.9 Å². The number of sulfonamides is 1. The Bertz CT molecular complexity index is 1270. The van der Waals surface area contributed by atoms with Gasteiger partial charge in [-0.15, -0.1) is 0 Å². The van der Waals surface area contributed by atoms with Gasteiger partial charge in [0.25, 0.3) is 10.0 Å². The number of fused-ring (bicyclic) bond motifs is 1. The van der Waals surface area contributed by atoms with Gasteiger partial charge in [-0.25, -0.2) is 8.42 Å². The van der Waals surface area contributed by atoms with Crippen LogP contribution in [0.1, 0.15) is 43.7 Å². The van der Waals surface area contributed by atoms with E-state index in [1.165, 1.54) is 4.31 Å². The molecule has 2 heterocycles. The molecule has 4 N–H and O–H groups in total. The van der Waals surface area contributed by atoms with E-state index in [2.05, 4.69) is 4.90 Å². The van der Waals surface area contributed by atoms with Crippen molar-refractivity contribution in [3.63, 3.8) is 0 Å². The molecule has 1 saturated heterocycles. The summed E-state index contributed by atoms with van der Waals surface area (Å²) in [6, 6.07) is 12.4. The van der Waals surface area contributed by atoms with Crippen LogP contribution in [0.5, 0.6) is 5.75 Å². The SMILES string of the molecule is CCN(c1ccc2c(c1)CN(C(=N)N)CC2)S(=O)(=O)c1ccc(OC2CCN(C(=N)C3CC3)CC2)cc1. The van der Waals surface area contributed by atoms with Gasteiger partial charge >= 0.3 is 0 Å². The minimum absolute atomic E-state index is 0.0293. The lowest BCUT2D eigenvalue weighted by Gasteiger charge is -2.34. The first kappa shape index (κ1) is 25.4. The molecular weight excluding hydrogens is 488 g/mol. The average molecular weight is 525 g/mol. The van der Waals surface area contributed by atoms with Crippen molar-refractivity contribution >= 4 is 27.5 Å². The maximum atomic E-state index is 13.6. The smallest absolute Gasteiger partial charge is 0.264 e. The van der Waals surface area contributed by atoms with Crippen LogP contribution in [0.15, 0.2) is 47.4 Å². The molecule has 198 valence electrons. The number of guanidine groups is 1. The highest BCUT2D eigenvalue weighted by Gasteiger charge is 2.32. The molecule has 0 amide bonds. The van der Waals surface area contributed by atoms with Gasteiger partial charge < -0.3 is 20.3 Å². The molecule has 5 rings (SSSR count). The third kappa shape index (κ3) is 5.39. The summed E-state index contributed by atoms with van der Waals surface area (Å²) < 4.78 is 34.7. The number of anilines is 1. The first-order chi connectivity index (χ1) is 17.8. The molecule has 2 aromatic rings. The molecule has 2 aromatic carbocycles. The van der Waals surface area contributed by atoms with E-state index in [1.54, 1.807) is 29.2 Å². The fraction of sp³-hybridized carbons (Fsp3) is 0.481. The van der Waals surface area contributed by atoms with E-state index >= 15 is 0 Å². The quantitative estimate of drug-likeness (QED) is 0.376. The molecule has 0 spiro atoms. The van der Waals surface area contributed by atoms with Crippen LogP contribution in [0, 0.1) is 16.7 Å². The van der Waals surface area contributed by atoms with Crippen LogP contribution in [-0.4, -0.2) is 62.3 Å². The Hall–Kier alpha value is -3.27. The van der Waals surface area contributed by atoms with Crippen molar-refractivity contribution in [1.29, 1.82) is 10.8 Å². The summed E-state index contributed by atoms with van der Waals surface area (Å²) in [6.45, 7) is 4.99. The van der Waals surface area contributed by atoms with Crippen molar-refractivity contribution in [2.45, 2.75) is 56.6 Å². The highest BCUT2D eigenvalue weighted by Crippen LogP contribution is 2.33. The predicted octanol–water partition coefficient (Wildman–Crippen LogP) is 3.38. The Balaban J connectivity index is 1.25. The summed E-state index contributed by atoms with van der Waals surface area (Å²) in [5.74, 6) is 1.94. The van der Waals surface area contributed by atoms with Crippen LogP contribution in [0.4, 0.5) is 5.69 Å². The van der Waals surface area contributed by atoms with Crippen molar-refractivity contribution in [2.24, 2.45) is 11.7 Å². The summed E-state index contributed by atoms with van der Waals surface area (Å²) in [5.41, 5.74) is 8.44. The largest absolute Gasteiger partial charge is 0.490 e. The first-order valence-corrected chi connectivity index (χ1v) is 14.5. The predicted molar refractivity (Wildman–Crippen MR) is 145 cm³/mol. The topological polar surface area (TPSA) is 127 Å². The third-order valence-electron chi connectivity index (χ3n) is 7.58. The number of hydrogen-bond donors (Lipinski definition) is 3. The molecule has 2 aliphatic heterocycles. The van der Waals surface area contributed by atoms with Crippen molar-refractivity contribution in [3.8, 4) is 5.75 Å². The van der Waals surface area contributed by atoms with E-state index in [-0.39, 0.29) is 17.0 Å². The zero-order valence-electron chi connectivity index (χ0n) is 21.3. The first-order valence-electron chi connectivity index (χ1n) is 13.1. The van der Waals surface area contributed by atoms with Gasteiger partial charge in [0.15, 0.2) is 5.96 Å².